The molecule has 0 rings (SSSR count). The highest BCUT2D eigenvalue weighted by molar-refractivity contribution is 6.31. The maximum atomic E-state index is 11.1. The zero-order chi connectivity index (χ0) is 10.6. The monoisotopic (exact) mass is 302 g/mol. The van der Waals surface area contributed by atoms with E-state index in [0.717, 1.165) is 0 Å². The molecule has 0 aromatic carbocycles. The van der Waals surface area contributed by atoms with Gasteiger partial charge in [-0.25, -0.2) is 0 Å². The fraction of sp³-hybridized carbons (Fsp3) is 0.667. The smallest absolute Gasteiger partial charge is 0.398 e. The molecule has 0 aliphatic rings. The van der Waals surface area contributed by atoms with Crippen LogP contribution in [0.4, 0.5) is 26.3 Å². The Morgan fingerprint density at radius 2 is 0.875 bits per heavy atom. The Labute approximate surface area is 99.5 Å². The normalized spacial score (nSPS) is 8.75. The van der Waals surface area contributed by atoms with E-state index < -0.39 is 16.8 Å². The summed E-state index contributed by atoms with van der Waals surface area (Å²) < 4.78 is 64.7. The third kappa shape index (κ3) is 29.2. The molecule has 2 nitrogen and oxygen atoms in total. The van der Waals surface area contributed by atoms with Gasteiger partial charge in [-0.1, -0.05) is 14.9 Å². The van der Waals surface area contributed by atoms with Gasteiger partial charge in [0.1, 0.15) is 0 Å². The molecule has 0 saturated heterocycles. The van der Waals surface area contributed by atoms with Crippen molar-refractivity contribution in [3.05, 3.63) is 12.7 Å². The van der Waals surface area contributed by atoms with Crippen molar-refractivity contribution >= 4 is 23.2 Å². The maximum absolute atomic E-state index is 11.1. The molecule has 0 aliphatic carbocycles. The molecule has 16 heavy (non-hydrogen) atoms. The largest absolute Gasteiger partial charge is 0.412 e. The molecule has 0 fully saturated rings. The first-order chi connectivity index (χ1) is 4.98. The number of halogens is 8. The fourth-order valence-electron chi connectivity index (χ4n) is 0. The predicted octanol–water partition coefficient (Wildman–Crippen LogP) is 3.67. The summed E-state index contributed by atoms with van der Waals surface area (Å²) in [5, 5.41) is -9.32. The van der Waals surface area contributed by atoms with E-state index in [0.29, 0.717) is 0 Å². The van der Waals surface area contributed by atoms with Crippen molar-refractivity contribution in [3.8, 4) is 0 Å². The van der Waals surface area contributed by atoms with Crippen molar-refractivity contribution in [2.75, 3.05) is 0 Å². The zero-order valence-corrected chi connectivity index (χ0v) is 7.74. The Kier molecular flexibility index (Phi) is 29.0. The van der Waals surface area contributed by atoms with E-state index in [1.807, 2.05) is 0 Å². The molecule has 4 N–H and O–H groups in total. The summed E-state index contributed by atoms with van der Waals surface area (Å²) in [6, 6.07) is 0. The highest BCUT2D eigenvalue weighted by atomic mass is 35.5. The van der Waals surface area contributed by atoms with Gasteiger partial charge < -0.3 is 11.0 Å². The van der Waals surface area contributed by atoms with E-state index in [2.05, 4.69) is 29.8 Å². The van der Waals surface area contributed by atoms with Gasteiger partial charge in [-0.3, -0.25) is 0 Å². The van der Waals surface area contributed by atoms with Crippen LogP contribution in [0.3, 0.4) is 0 Å². The molecular formula is C6H14Cl2F6O2. The van der Waals surface area contributed by atoms with Gasteiger partial charge in [-0.15, -0.1) is 0 Å². The average Bonchev–Trinajstić information content (AvgIpc) is 1.55. The number of hydrogen-bond acceptors (Lipinski definition) is 0. The minimum absolute atomic E-state index is 0. The summed E-state index contributed by atoms with van der Waals surface area (Å²) >= 11 is 7.59. The summed E-state index contributed by atoms with van der Waals surface area (Å²) in [5.74, 6) is 0. The second-order valence-corrected chi connectivity index (χ2v) is 2.28. The van der Waals surface area contributed by atoms with Crippen LogP contribution in [0.5, 0.6) is 0 Å². The van der Waals surface area contributed by atoms with Gasteiger partial charge in [0.2, 0.25) is 0 Å². The molecule has 0 saturated carbocycles. The van der Waals surface area contributed by atoms with E-state index in [-0.39, 0.29) is 25.8 Å². The predicted molar refractivity (Wildman–Crippen MR) is 53.6 cm³/mol. The Bertz CT molecular complexity index is 140. The Morgan fingerprint density at radius 1 is 0.812 bits per heavy atom. The SMILES string of the molecule is C.C.C=C(F)F.FC(F)(Cl)C(F)(F)Cl.O.O. The third-order valence-electron chi connectivity index (χ3n) is 0.321. The third-order valence-corrected chi connectivity index (χ3v) is 0.893. The van der Waals surface area contributed by atoms with E-state index >= 15 is 0 Å². The van der Waals surface area contributed by atoms with Crippen molar-refractivity contribution in [2.45, 2.75) is 25.6 Å². The van der Waals surface area contributed by atoms with Gasteiger partial charge >= 0.3 is 10.8 Å². The van der Waals surface area contributed by atoms with Crippen LogP contribution in [0.2, 0.25) is 0 Å². The first kappa shape index (κ1) is 36.0. The van der Waals surface area contributed by atoms with E-state index in [9.17, 15) is 26.3 Å². The van der Waals surface area contributed by atoms with Crippen LogP contribution in [0.1, 0.15) is 14.9 Å². The van der Waals surface area contributed by atoms with Crippen LogP contribution < -0.4 is 0 Å². The molecule has 0 amide bonds. The number of rotatable bonds is 1. The second kappa shape index (κ2) is 12.9. The molecule has 0 radical (unpaired) electrons. The van der Waals surface area contributed by atoms with Crippen molar-refractivity contribution < 1.29 is 37.3 Å². The molecule has 0 unspecified atom stereocenters. The molecule has 106 valence electrons. The lowest BCUT2D eigenvalue weighted by Gasteiger charge is -2.11. The molecule has 0 spiro atoms. The van der Waals surface area contributed by atoms with Crippen molar-refractivity contribution in [1.29, 1.82) is 0 Å². The molecular weight excluding hydrogens is 289 g/mol. The average molecular weight is 303 g/mol. The van der Waals surface area contributed by atoms with Crippen molar-refractivity contribution in [2.24, 2.45) is 0 Å². The molecule has 0 bridgehead atoms. The number of hydrogen-bond donors (Lipinski definition) is 0. The summed E-state index contributed by atoms with van der Waals surface area (Å²) in [7, 11) is 0. The topological polar surface area (TPSA) is 63.0 Å². The van der Waals surface area contributed by atoms with Crippen LogP contribution in [-0.4, -0.2) is 21.7 Å². The Hall–Kier alpha value is -0.180. The maximum Gasteiger partial charge on any atom is 0.398 e. The van der Waals surface area contributed by atoms with Crippen LogP contribution in [-0.2, 0) is 0 Å². The van der Waals surface area contributed by atoms with Crippen LogP contribution >= 0.6 is 23.2 Å². The summed E-state index contributed by atoms with van der Waals surface area (Å²) in [6.45, 7) is 2.22. The number of alkyl halides is 6. The van der Waals surface area contributed by atoms with Crippen molar-refractivity contribution in [1.82, 2.24) is 0 Å². The highest BCUT2D eigenvalue weighted by Gasteiger charge is 2.53. The summed E-state index contributed by atoms with van der Waals surface area (Å²) in [5.41, 5.74) is 0. The van der Waals surface area contributed by atoms with Gasteiger partial charge in [0.05, 0.1) is 0 Å². The standard InChI is InChI=1S/C2Cl2F4.C2H2F2.2CH4.2H2O/c3-1(5,6)2(4,7)8;1-2(3)4;;;;/h;1H2;2*1H4;2*1H2. The zero-order valence-electron chi connectivity index (χ0n) is 6.23. The van der Waals surface area contributed by atoms with Crippen molar-refractivity contribution in [3.63, 3.8) is 0 Å². The molecule has 0 aliphatic heterocycles. The van der Waals surface area contributed by atoms with E-state index in [1.165, 1.54) is 0 Å². The highest BCUT2D eigenvalue weighted by Crippen LogP contribution is 2.40. The quantitative estimate of drug-likeness (QED) is 0.524. The minimum atomic E-state index is -4.66. The van der Waals surface area contributed by atoms with E-state index in [4.69, 9.17) is 0 Å². The van der Waals surface area contributed by atoms with Crippen LogP contribution in [0.25, 0.3) is 0 Å². The molecule has 0 heterocycles. The second-order valence-electron chi connectivity index (χ2n) is 1.33. The Balaban J connectivity index is -0.0000000281. The van der Waals surface area contributed by atoms with Gasteiger partial charge in [0.25, 0.3) is 6.08 Å². The van der Waals surface area contributed by atoms with Gasteiger partial charge in [-0.05, 0) is 29.8 Å². The first-order valence-corrected chi connectivity index (χ1v) is 2.87. The van der Waals surface area contributed by atoms with Gasteiger partial charge in [0.15, 0.2) is 0 Å². The van der Waals surface area contributed by atoms with E-state index in [1.54, 1.807) is 0 Å². The molecule has 0 atom stereocenters. The molecule has 0 aromatic heterocycles. The molecule has 0 aromatic rings. The first-order valence-electron chi connectivity index (χ1n) is 2.12. The Morgan fingerprint density at radius 3 is 0.875 bits per heavy atom. The lowest BCUT2D eigenvalue weighted by molar-refractivity contribution is -0.0960. The van der Waals surface area contributed by atoms with Crippen LogP contribution in [0, 0.1) is 0 Å². The molecule has 10 heteroatoms. The lowest BCUT2D eigenvalue weighted by atomic mass is 10.7. The fourth-order valence-corrected chi connectivity index (χ4v) is 0. The lowest BCUT2D eigenvalue weighted by Crippen LogP contribution is -2.28. The van der Waals surface area contributed by atoms with Crippen LogP contribution in [0.15, 0.2) is 12.7 Å². The summed E-state index contributed by atoms with van der Waals surface area (Å²) in [6.07, 6.45) is -1.83. The minimum Gasteiger partial charge on any atom is -0.412 e. The summed E-state index contributed by atoms with van der Waals surface area (Å²) in [4.78, 5) is 0. The van der Waals surface area contributed by atoms with Gasteiger partial charge in [0, 0.05) is 0 Å². The van der Waals surface area contributed by atoms with Gasteiger partial charge in [-0.2, -0.15) is 26.3 Å².